The van der Waals surface area contributed by atoms with Gasteiger partial charge < -0.3 is 14.7 Å². The first-order valence-electron chi connectivity index (χ1n) is 15.4. The number of likely N-dealkylation sites (tertiary alicyclic amines) is 2. The first kappa shape index (κ1) is 30.1. The topological polar surface area (TPSA) is 60.0 Å². The molecule has 9 heteroatoms. The maximum absolute atomic E-state index is 13.9. The van der Waals surface area contributed by atoms with Crippen molar-refractivity contribution in [3.63, 3.8) is 0 Å². The number of likely N-dealkylation sites (N-methyl/N-ethyl adjacent to an activating group) is 1. The number of amides is 2. The number of halogens is 2. The Kier molecular flexibility index (Phi) is 9.34. The normalized spacial score (nSPS) is 20.8. The highest BCUT2D eigenvalue weighted by atomic mass is 35.5. The molecule has 0 aliphatic carbocycles. The van der Waals surface area contributed by atoms with E-state index in [1.165, 1.54) is 0 Å². The third-order valence-electron chi connectivity index (χ3n) is 9.24. The number of aromatic nitrogens is 1. The number of nitrogens with zero attached hydrogens (tertiary/aromatic N) is 5. The lowest BCUT2D eigenvalue weighted by molar-refractivity contribution is -0.139. The zero-order chi connectivity index (χ0) is 29.9. The fourth-order valence-corrected chi connectivity index (χ4v) is 6.88. The van der Waals surface area contributed by atoms with E-state index < -0.39 is 0 Å². The average molecular weight is 621 g/mol. The molecule has 226 valence electrons. The number of piperazine rings is 1. The summed E-state index contributed by atoms with van der Waals surface area (Å²) in [5.74, 6) is 0.440. The second-order valence-electron chi connectivity index (χ2n) is 12.1. The van der Waals surface area contributed by atoms with Crippen LogP contribution in [0.25, 0.3) is 22.5 Å². The van der Waals surface area contributed by atoms with Crippen LogP contribution in [0.2, 0.25) is 10.0 Å². The minimum Gasteiger partial charge on any atom is -0.340 e. The predicted octanol–water partition coefficient (Wildman–Crippen LogP) is 5.81. The molecule has 0 saturated carbocycles. The maximum atomic E-state index is 13.9. The third kappa shape index (κ3) is 7.07. The van der Waals surface area contributed by atoms with Crippen LogP contribution in [0.15, 0.2) is 60.7 Å². The average Bonchev–Trinajstić information content (AvgIpc) is 3.05. The van der Waals surface area contributed by atoms with Gasteiger partial charge in [0.05, 0.1) is 17.3 Å². The summed E-state index contributed by atoms with van der Waals surface area (Å²) in [5.41, 5.74) is 3.88. The molecule has 3 aliphatic heterocycles. The van der Waals surface area contributed by atoms with Crippen LogP contribution in [-0.4, -0.2) is 102 Å². The molecule has 0 unspecified atom stereocenters. The highest BCUT2D eigenvalue weighted by Gasteiger charge is 2.35. The molecule has 7 nitrogen and oxygen atoms in total. The van der Waals surface area contributed by atoms with E-state index >= 15 is 0 Å². The van der Waals surface area contributed by atoms with Gasteiger partial charge >= 0.3 is 0 Å². The molecule has 0 spiro atoms. The van der Waals surface area contributed by atoms with E-state index in [4.69, 9.17) is 28.2 Å². The van der Waals surface area contributed by atoms with Crippen LogP contribution < -0.4 is 0 Å². The van der Waals surface area contributed by atoms with E-state index in [1.54, 1.807) is 0 Å². The van der Waals surface area contributed by atoms with Crippen LogP contribution >= 0.6 is 23.2 Å². The first-order chi connectivity index (χ1) is 20.8. The molecular weight excluding hydrogens is 581 g/mol. The Hall–Kier alpha value is -2.97. The van der Waals surface area contributed by atoms with E-state index in [-0.39, 0.29) is 11.8 Å². The van der Waals surface area contributed by atoms with Crippen molar-refractivity contribution in [3.05, 3.63) is 76.3 Å². The summed E-state index contributed by atoms with van der Waals surface area (Å²) >= 11 is 12.3. The molecule has 3 aliphatic rings. The zero-order valence-corrected chi connectivity index (χ0v) is 26.2. The number of pyridine rings is 1. The van der Waals surface area contributed by atoms with Crippen molar-refractivity contribution in [2.24, 2.45) is 5.92 Å². The van der Waals surface area contributed by atoms with E-state index in [0.717, 1.165) is 87.5 Å². The molecule has 2 amide bonds. The SMILES string of the molecule is CN1CCN(C(=O)[C@@H]2CCCN(C3CCN(C(=O)c4cc(-c5ccc(Cl)cc5)nc(-c5ccc(Cl)cc5)c4)CC3)C2)CC1. The molecule has 3 fully saturated rings. The van der Waals surface area contributed by atoms with E-state index in [0.29, 0.717) is 40.6 Å². The minimum absolute atomic E-state index is 0.0213. The van der Waals surface area contributed by atoms with Crippen molar-refractivity contribution >= 4 is 35.0 Å². The van der Waals surface area contributed by atoms with E-state index in [1.807, 2.05) is 65.6 Å². The van der Waals surface area contributed by atoms with Crippen molar-refractivity contribution in [1.82, 2.24) is 24.6 Å². The molecule has 0 N–H and O–H groups in total. The van der Waals surface area contributed by atoms with Gasteiger partial charge in [-0.15, -0.1) is 0 Å². The van der Waals surface area contributed by atoms with Crippen LogP contribution in [0.3, 0.4) is 0 Å². The second kappa shape index (κ2) is 13.3. The Morgan fingerprint density at radius 2 is 1.28 bits per heavy atom. The molecule has 6 rings (SSSR count). The summed E-state index contributed by atoms with van der Waals surface area (Å²) in [4.78, 5) is 40.9. The van der Waals surface area contributed by atoms with Crippen molar-refractivity contribution in [3.8, 4) is 22.5 Å². The van der Waals surface area contributed by atoms with Crippen LogP contribution in [0.4, 0.5) is 0 Å². The molecule has 3 saturated heterocycles. The van der Waals surface area contributed by atoms with E-state index in [9.17, 15) is 9.59 Å². The third-order valence-corrected chi connectivity index (χ3v) is 9.74. The van der Waals surface area contributed by atoms with Gasteiger partial charge in [-0.25, -0.2) is 4.98 Å². The van der Waals surface area contributed by atoms with Gasteiger partial charge in [0.15, 0.2) is 0 Å². The predicted molar refractivity (Wildman–Crippen MR) is 172 cm³/mol. The van der Waals surface area contributed by atoms with Crippen molar-refractivity contribution < 1.29 is 9.59 Å². The first-order valence-corrected chi connectivity index (χ1v) is 16.1. The lowest BCUT2D eigenvalue weighted by Gasteiger charge is -2.43. The molecule has 0 radical (unpaired) electrons. The fourth-order valence-electron chi connectivity index (χ4n) is 6.63. The fraction of sp³-hybridized carbons (Fsp3) is 0.441. The van der Waals surface area contributed by atoms with Gasteiger partial charge in [-0.05, 0) is 75.7 Å². The van der Waals surface area contributed by atoms with Crippen molar-refractivity contribution in [1.29, 1.82) is 0 Å². The Labute approximate surface area is 264 Å². The van der Waals surface area contributed by atoms with Crippen LogP contribution in [0.1, 0.15) is 36.0 Å². The zero-order valence-electron chi connectivity index (χ0n) is 24.7. The van der Waals surface area contributed by atoms with Crippen molar-refractivity contribution in [2.75, 3.05) is 59.4 Å². The molecule has 4 heterocycles. The highest BCUT2D eigenvalue weighted by molar-refractivity contribution is 6.30. The van der Waals surface area contributed by atoms with Gasteiger partial charge in [-0.2, -0.15) is 0 Å². The molecule has 2 aromatic carbocycles. The van der Waals surface area contributed by atoms with Crippen molar-refractivity contribution in [2.45, 2.75) is 31.7 Å². The molecule has 43 heavy (non-hydrogen) atoms. The quantitative estimate of drug-likeness (QED) is 0.360. The summed E-state index contributed by atoms with van der Waals surface area (Å²) in [7, 11) is 2.12. The number of rotatable bonds is 5. The van der Waals surface area contributed by atoms with Gasteiger partial charge in [-0.1, -0.05) is 47.5 Å². The van der Waals surface area contributed by atoms with E-state index in [2.05, 4.69) is 21.7 Å². The van der Waals surface area contributed by atoms with Crippen LogP contribution in [0, 0.1) is 5.92 Å². The standard InChI is InChI=1S/C34H39Cl2N5O2/c1-38-17-19-40(20-18-38)33(42)26-3-2-14-41(23-26)30-12-15-39(16-13-30)34(43)27-21-31(24-4-8-28(35)9-5-24)37-32(22-27)25-6-10-29(36)11-7-25/h4-11,21-22,26,30H,2-3,12-20,23H2,1H3/t26-/m1/s1. The maximum Gasteiger partial charge on any atom is 0.254 e. The molecule has 1 atom stereocenters. The smallest absolute Gasteiger partial charge is 0.254 e. The number of benzene rings is 2. The van der Waals surface area contributed by atoms with Gasteiger partial charge in [0, 0.05) is 78.6 Å². The Morgan fingerprint density at radius 1 is 0.721 bits per heavy atom. The number of hydrogen-bond donors (Lipinski definition) is 0. The van der Waals surface area contributed by atoms with Gasteiger partial charge in [-0.3, -0.25) is 14.5 Å². The lowest BCUT2D eigenvalue weighted by atomic mass is 9.92. The molecule has 1 aromatic heterocycles. The van der Waals surface area contributed by atoms with Gasteiger partial charge in [0.1, 0.15) is 0 Å². The number of carbonyl (C=O) groups is 2. The number of hydrogen-bond acceptors (Lipinski definition) is 5. The largest absolute Gasteiger partial charge is 0.340 e. The summed E-state index contributed by atoms with van der Waals surface area (Å²) in [5, 5.41) is 1.31. The van der Waals surface area contributed by atoms with Crippen LogP contribution in [0.5, 0.6) is 0 Å². The number of carbonyl (C=O) groups excluding carboxylic acids is 2. The monoisotopic (exact) mass is 619 g/mol. The summed E-state index contributed by atoms with van der Waals surface area (Å²) in [6.07, 6.45) is 3.87. The Morgan fingerprint density at radius 3 is 1.84 bits per heavy atom. The number of piperidine rings is 2. The molecule has 3 aromatic rings. The van der Waals surface area contributed by atoms with Gasteiger partial charge in [0.25, 0.3) is 5.91 Å². The minimum atomic E-state index is 0.0213. The summed E-state index contributed by atoms with van der Waals surface area (Å²) in [6, 6.07) is 19.2. The van der Waals surface area contributed by atoms with Gasteiger partial charge in [0.2, 0.25) is 5.91 Å². The Balaban J connectivity index is 1.14. The second-order valence-corrected chi connectivity index (χ2v) is 13.0. The Bertz CT molecular complexity index is 1370. The summed E-state index contributed by atoms with van der Waals surface area (Å²) in [6.45, 7) is 6.84. The highest BCUT2D eigenvalue weighted by Crippen LogP contribution is 2.29. The molecule has 0 bridgehead atoms. The van der Waals surface area contributed by atoms with Crippen LogP contribution in [-0.2, 0) is 4.79 Å². The molecular formula is C34H39Cl2N5O2. The lowest BCUT2D eigenvalue weighted by Crippen LogP contribution is -2.54. The summed E-state index contributed by atoms with van der Waals surface area (Å²) < 4.78 is 0.